The molecule has 0 rings (SSSR count). The van der Waals surface area contributed by atoms with E-state index in [1.54, 1.807) is 13.0 Å². The van der Waals surface area contributed by atoms with Crippen LogP contribution in [0.1, 0.15) is 58.8 Å². The summed E-state index contributed by atoms with van der Waals surface area (Å²) in [5.41, 5.74) is 0. The summed E-state index contributed by atoms with van der Waals surface area (Å²) in [6, 6.07) is -0.642. The van der Waals surface area contributed by atoms with E-state index in [4.69, 9.17) is 9.47 Å². The number of rotatable bonds is 12. The number of carbonyl (C=O) groups is 2. The number of hydrogen-bond donors (Lipinski definition) is 0. The molecule has 0 aromatic heterocycles. The third-order valence-electron chi connectivity index (χ3n) is 3.50. The molecule has 0 aliphatic carbocycles. The Hall–Kier alpha value is -1.52. The van der Waals surface area contributed by atoms with Crippen LogP contribution in [0.5, 0.6) is 0 Å². The number of esters is 1. The molecule has 0 aliphatic rings. The molecule has 0 bridgehead atoms. The smallest absolute Gasteiger partial charge is 0.410 e. The van der Waals surface area contributed by atoms with Crippen LogP contribution in [0.2, 0.25) is 0 Å². The zero-order chi connectivity index (χ0) is 16.8. The van der Waals surface area contributed by atoms with Crippen LogP contribution in [0.25, 0.3) is 0 Å². The molecule has 0 saturated heterocycles. The maximum atomic E-state index is 11.9. The van der Waals surface area contributed by atoms with E-state index in [1.807, 2.05) is 0 Å². The van der Waals surface area contributed by atoms with E-state index in [1.165, 1.54) is 37.6 Å². The van der Waals surface area contributed by atoms with Crippen molar-refractivity contribution in [3.05, 3.63) is 12.7 Å². The molecule has 5 nitrogen and oxygen atoms in total. The van der Waals surface area contributed by atoms with E-state index in [-0.39, 0.29) is 6.61 Å². The first-order chi connectivity index (χ1) is 10.5. The molecule has 0 aromatic rings. The number of hydrogen-bond acceptors (Lipinski definition) is 4. The molecular weight excluding hydrogens is 282 g/mol. The van der Waals surface area contributed by atoms with Gasteiger partial charge in [0.05, 0.1) is 13.2 Å². The highest BCUT2D eigenvalue weighted by molar-refractivity contribution is 5.80. The van der Waals surface area contributed by atoms with Gasteiger partial charge in [-0.3, -0.25) is 4.90 Å². The second kappa shape index (κ2) is 13.2. The fourth-order valence-corrected chi connectivity index (χ4v) is 1.82. The van der Waals surface area contributed by atoms with Gasteiger partial charge in [0.25, 0.3) is 0 Å². The molecule has 0 fully saturated rings. The van der Waals surface area contributed by atoms with Gasteiger partial charge >= 0.3 is 12.1 Å². The number of unbranched alkanes of at least 4 members (excludes halogenated alkanes) is 5. The van der Waals surface area contributed by atoms with Crippen LogP contribution >= 0.6 is 0 Å². The molecule has 128 valence electrons. The standard InChI is InChI=1S/C17H31NO4/c1-5-7-9-10-11-12-14-21-16(19)15(3)18(4)17(20)22-13-8-6-2/h6,15H,2,5,7-14H2,1,3-4H3. The van der Waals surface area contributed by atoms with Gasteiger partial charge < -0.3 is 9.47 Å². The number of carbonyl (C=O) groups excluding carboxylic acids is 2. The molecule has 0 aromatic carbocycles. The Bertz CT molecular complexity index is 331. The monoisotopic (exact) mass is 313 g/mol. The summed E-state index contributed by atoms with van der Waals surface area (Å²) in [4.78, 5) is 24.8. The third-order valence-corrected chi connectivity index (χ3v) is 3.50. The van der Waals surface area contributed by atoms with Gasteiger partial charge in [0, 0.05) is 7.05 Å². The van der Waals surface area contributed by atoms with Gasteiger partial charge in [-0.15, -0.1) is 6.58 Å². The largest absolute Gasteiger partial charge is 0.464 e. The minimum absolute atomic E-state index is 0.270. The molecule has 1 atom stereocenters. The summed E-state index contributed by atoms with van der Waals surface area (Å²) in [6.07, 6.45) is 8.58. The maximum Gasteiger partial charge on any atom is 0.410 e. The average Bonchev–Trinajstić information content (AvgIpc) is 2.52. The van der Waals surface area contributed by atoms with Crippen LogP contribution < -0.4 is 0 Å². The molecule has 1 amide bonds. The lowest BCUT2D eigenvalue weighted by Crippen LogP contribution is -2.41. The van der Waals surface area contributed by atoms with Crippen LogP contribution in [0.3, 0.4) is 0 Å². The van der Waals surface area contributed by atoms with E-state index >= 15 is 0 Å². The van der Waals surface area contributed by atoms with Gasteiger partial charge in [-0.1, -0.05) is 45.1 Å². The first-order valence-electron chi connectivity index (χ1n) is 8.21. The van der Waals surface area contributed by atoms with Crippen molar-refractivity contribution in [2.75, 3.05) is 20.3 Å². The zero-order valence-corrected chi connectivity index (χ0v) is 14.3. The number of nitrogens with zero attached hydrogens (tertiary/aromatic N) is 1. The van der Waals surface area contributed by atoms with Crippen LogP contribution in [0.15, 0.2) is 12.7 Å². The van der Waals surface area contributed by atoms with Gasteiger partial charge in [0.2, 0.25) is 0 Å². The first kappa shape index (κ1) is 20.5. The van der Waals surface area contributed by atoms with E-state index in [2.05, 4.69) is 13.5 Å². The normalized spacial score (nSPS) is 11.6. The SMILES string of the molecule is C=CCCOC(=O)N(C)C(C)C(=O)OCCCCCCCC. The Morgan fingerprint density at radius 3 is 2.36 bits per heavy atom. The van der Waals surface area contributed by atoms with Crippen molar-refractivity contribution in [3.63, 3.8) is 0 Å². The van der Waals surface area contributed by atoms with E-state index in [9.17, 15) is 9.59 Å². The highest BCUT2D eigenvalue weighted by Gasteiger charge is 2.24. The first-order valence-corrected chi connectivity index (χ1v) is 8.21. The van der Waals surface area contributed by atoms with Gasteiger partial charge in [0.1, 0.15) is 6.04 Å². The van der Waals surface area contributed by atoms with Crippen molar-refractivity contribution < 1.29 is 19.1 Å². The zero-order valence-electron chi connectivity index (χ0n) is 14.3. The van der Waals surface area contributed by atoms with E-state index < -0.39 is 18.1 Å². The van der Waals surface area contributed by atoms with E-state index in [0.29, 0.717) is 13.0 Å². The molecule has 0 spiro atoms. The molecular formula is C17H31NO4. The topological polar surface area (TPSA) is 55.8 Å². The van der Waals surface area contributed by atoms with Gasteiger partial charge in [-0.05, 0) is 19.8 Å². The Morgan fingerprint density at radius 1 is 1.09 bits per heavy atom. The Balaban J connectivity index is 3.84. The van der Waals surface area contributed by atoms with Crippen LogP contribution in [-0.2, 0) is 14.3 Å². The van der Waals surface area contributed by atoms with Gasteiger partial charge in [-0.25, -0.2) is 9.59 Å². The van der Waals surface area contributed by atoms with Gasteiger partial charge in [0.15, 0.2) is 0 Å². The summed E-state index contributed by atoms with van der Waals surface area (Å²) in [5.74, 6) is -0.392. The molecule has 1 unspecified atom stereocenters. The summed E-state index contributed by atoms with van der Waals surface area (Å²) < 4.78 is 10.2. The molecule has 0 radical (unpaired) electrons. The molecule has 5 heteroatoms. The maximum absolute atomic E-state index is 11.9. The number of likely N-dealkylation sites (N-methyl/N-ethyl adjacent to an activating group) is 1. The van der Waals surface area contributed by atoms with Crippen molar-refractivity contribution in [3.8, 4) is 0 Å². The third kappa shape index (κ3) is 9.42. The summed E-state index contributed by atoms with van der Waals surface area (Å²) in [7, 11) is 1.53. The molecule has 0 saturated carbocycles. The Kier molecular flexibility index (Phi) is 12.3. The molecule has 0 aliphatic heterocycles. The van der Waals surface area contributed by atoms with Crippen molar-refractivity contribution in [2.45, 2.75) is 64.8 Å². The van der Waals surface area contributed by atoms with E-state index in [0.717, 1.165) is 12.8 Å². The van der Waals surface area contributed by atoms with Crippen molar-refractivity contribution in [2.24, 2.45) is 0 Å². The quantitative estimate of drug-likeness (QED) is 0.311. The Labute approximate surface area is 134 Å². The van der Waals surface area contributed by atoms with Crippen LogP contribution in [0, 0.1) is 0 Å². The summed E-state index contributed by atoms with van der Waals surface area (Å²) in [6.45, 7) is 8.05. The second-order valence-corrected chi connectivity index (χ2v) is 5.41. The molecule has 22 heavy (non-hydrogen) atoms. The predicted octanol–water partition coefficient (Wildman–Crippen LogP) is 3.92. The molecule has 0 heterocycles. The van der Waals surface area contributed by atoms with Crippen molar-refractivity contribution in [1.82, 2.24) is 4.90 Å². The lowest BCUT2D eigenvalue weighted by Gasteiger charge is -2.22. The minimum Gasteiger partial charge on any atom is -0.464 e. The molecule has 0 N–H and O–H groups in total. The lowest BCUT2D eigenvalue weighted by molar-refractivity contribution is -0.148. The van der Waals surface area contributed by atoms with Gasteiger partial charge in [-0.2, -0.15) is 0 Å². The number of ether oxygens (including phenoxy) is 2. The fraction of sp³-hybridized carbons (Fsp3) is 0.765. The number of amides is 1. The minimum atomic E-state index is -0.642. The average molecular weight is 313 g/mol. The van der Waals surface area contributed by atoms with Crippen molar-refractivity contribution in [1.29, 1.82) is 0 Å². The highest BCUT2D eigenvalue weighted by atomic mass is 16.6. The lowest BCUT2D eigenvalue weighted by atomic mass is 10.1. The fourth-order valence-electron chi connectivity index (χ4n) is 1.82. The summed E-state index contributed by atoms with van der Waals surface area (Å²) in [5, 5.41) is 0. The predicted molar refractivity (Wildman–Crippen MR) is 87.7 cm³/mol. The highest BCUT2D eigenvalue weighted by Crippen LogP contribution is 2.06. The summed E-state index contributed by atoms with van der Waals surface area (Å²) >= 11 is 0. The van der Waals surface area contributed by atoms with Crippen molar-refractivity contribution >= 4 is 12.1 Å². The van der Waals surface area contributed by atoms with Crippen LogP contribution in [-0.4, -0.2) is 43.3 Å². The second-order valence-electron chi connectivity index (χ2n) is 5.41. The Morgan fingerprint density at radius 2 is 1.73 bits per heavy atom. The van der Waals surface area contributed by atoms with Crippen LogP contribution in [0.4, 0.5) is 4.79 Å².